The number of H-pyrrole nitrogens is 1. The molecule has 0 fully saturated rings. The number of guanidine groups is 1. The van der Waals surface area contributed by atoms with E-state index in [1.807, 2.05) is 6.07 Å². The molecule has 0 unspecified atom stereocenters. The lowest BCUT2D eigenvalue weighted by atomic mass is 10.2. The molecule has 0 aliphatic carbocycles. The van der Waals surface area contributed by atoms with E-state index in [9.17, 15) is 4.79 Å². The molecule has 1 aromatic carbocycles. The van der Waals surface area contributed by atoms with Gasteiger partial charge in [-0.2, -0.15) is 0 Å². The van der Waals surface area contributed by atoms with Crippen molar-refractivity contribution in [2.75, 3.05) is 20.3 Å². The van der Waals surface area contributed by atoms with E-state index < -0.39 is 0 Å². The van der Waals surface area contributed by atoms with E-state index in [-0.39, 0.29) is 30.8 Å². The minimum Gasteiger partial charge on any atom is -0.383 e. The van der Waals surface area contributed by atoms with Crippen LogP contribution in [-0.2, 0) is 4.74 Å². The number of benzene rings is 1. The normalized spacial score (nSPS) is 10.2. The van der Waals surface area contributed by atoms with Crippen molar-refractivity contribution in [3.8, 4) is 0 Å². The van der Waals surface area contributed by atoms with Gasteiger partial charge in [-0.1, -0.05) is 17.7 Å². The Morgan fingerprint density at radius 3 is 2.81 bits per heavy atom. The number of aromatic amines is 1. The van der Waals surface area contributed by atoms with Crippen molar-refractivity contribution in [2.45, 2.75) is 0 Å². The summed E-state index contributed by atoms with van der Waals surface area (Å²) in [5, 5.41) is 8.79. The van der Waals surface area contributed by atoms with Crippen LogP contribution >= 0.6 is 24.0 Å². The van der Waals surface area contributed by atoms with Gasteiger partial charge in [0.05, 0.1) is 13.2 Å². The Labute approximate surface area is 133 Å². The van der Waals surface area contributed by atoms with Crippen LogP contribution in [0.3, 0.4) is 0 Å². The van der Waals surface area contributed by atoms with Gasteiger partial charge in [-0.25, -0.2) is 0 Å². The summed E-state index contributed by atoms with van der Waals surface area (Å²) in [5.74, 6) is -0.710. The van der Waals surface area contributed by atoms with Crippen molar-refractivity contribution in [1.82, 2.24) is 9.88 Å². The molecule has 0 aliphatic heterocycles. The van der Waals surface area contributed by atoms with Crippen LogP contribution in [0.4, 0.5) is 0 Å². The molecule has 2 rings (SSSR count). The van der Waals surface area contributed by atoms with Crippen LogP contribution in [0.25, 0.3) is 10.9 Å². The first kappa shape index (κ1) is 17.3. The molecule has 0 bridgehead atoms. The van der Waals surface area contributed by atoms with Crippen LogP contribution in [0.5, 0.6) is 0 Å². The van der Waals surface area contributed by atoms with Crippen molar-refractivity contribution in [2.24, 2.45) is 5.73 Å². The number of hydrogen-bond donors (Lipinski definition) is 3. The predicted molar refractivity (Wildman–Crippen MR) is 85.4 cm³/mol. The molecular weight excluding hydrogens is 315 g/mol. The number of methoxy groups -OCH3 is 1. The highest BCUT2D eigenvalue weighted by Crippen LogP contribution is 2.24. The molecule has 21 heavy (non-hydrogen) atoms. The Morgan fingerprint density at radius 2 is 2.24 bits per heavy atom. The summed E-state index contributed by atoms with van der Waals surface area (Å²) in [5.41, 5.74) is 6.53. The minimum absolute atomic E-state index is 0. The van der Waals surface area contributed by atoms with E-state index in [2.05, 4.69) is 4.98 Å². The first-order valence-corrected chi connectivity index (χ1v) is 6.34. The summed E-state index contributed by atoms with van der Waals surface area (Å²) in [4.78, 5) is 16.5. The second kappa shape index (κ2) is 7.31. The van der Waals surface area contributed by atoms with E-state index in [0.717, 1.165) is 15.8 Å². The van der Waals surface area contributed by atoms with E-state index in [0.29, 0.717) is 17.3 Å². The minimum atomic E-state index is -0.387. The highest BCUT2D eigenvalue weighted by atomic mass is 35.5. The van der Waals surface area contributed by atoms with Crippen molar-refractivity contribution >= 4 is 46.8 Å². The predicted octanol–water partition coefficient (Wildman–Crippen LogP) is 2.23. The average molecular weight is 331 g/mol. The Kier molecular flexibility index (Phi) is 6.02. The molecule has 1 amide bonds. The van der Waals surface area contributed by atoms with Gasteiger partial charge < -0.3 is 15.5 Å². The van der Waals surface area contributed by atoms with Crippen LogP contribution in [0.15, 0.2) is 24.3 Å². The SMILES string of the molecule is COCCN(C(=N)N)C(=O)c1cc2c(Cl)cccc2[nH]1.Cl. The number of halogens is 2. The Hall–Kier alpha value is -1.76. The van der Waals surface area contributed by atoms with Gasteiger partial charge in [-0.3, -0.25) is 15.1 Å². The van der Waals surface area contributed by atoms with Gasteiger partial charge in [0.15, 0.2) is 5.96 Å². The fourth-order valence-electron chi connectivity index (χ4n) is 1.89. The van der Waals surface area contributed by atoms with Crippen molar-refractivity contribution < 1.29 is 9.53 Å². The number of amides is 1. The molecule has 0 spiro atoms. The fourth-order valence-corrected chi connectivity index (χ4v) is 2.12. The second-order valence-corrected chi connectivity index (χ2v) is 4.63. The first-order chi connectivity index (χ1) is 9.54. The van der Waals surface area contributed by atoms with Gasteiger partial charge in [0, 0.05) is 23.0 Å². The molecular formula is C13H16Cl2N4O2. The second-order valence-electron chi connectivity index (χ2n) is 4.22. The largest absolute Gasteiger partial charge is 0.383 e. The zero-order valence-corrected chi connectivity index (χ0v) is 12.9. The van der Waals surface area contributed by atoms with Crippen LogP contribution in [0.2, 0.25) is 5.02 Å². The van der Waals surface area contributed by atoms with Crippen LogP contribution in [0, 0.1) is 5.41 Å². The third-order valence-electron chi connectivity index (χ3n) is 2.90. The summed E-state index contributed by atoms with van der Waals surface area (Å²) >= 11 is 6.07. The number of hydrogen-bond acceptors (Lipinski definition) is 3. The number of carbonyl (C=O) groups is 1. The number of nitrogens with two attached hydrogens (primary N) is 1. The van der Waals surface area contributed by atoms with Gasteiger partial charge >= 0.3 is 0 Å². The standard InChI is InChI=1S/C13H15ClN4O2.ClH/c1-20-6-5-18(13(15)16)12(19)11-7-8-9(14)3-2-4-10(8)17-11;/h2-4,7,17H,5-6H2,1H3,(H3,15,16);1H. The zero-order valence-electron chi connectivity index (χ0n) is 11.4. The summed E-state index contributed by atoms with van der Waals surface area (Å²) in [6.45, 7) is 0.514. The number of nitrogens with zero attached hydrogens (tertiary/aromatic N) is 1. The Bertz CT molecular complexity index is 657. The molecule has 0 saturated heterocycles. The van der Waals surface area contributed by atoms with Crippen molar-refractivity contribution in [3.05, 3.63) is 35.0 Å². The number of fused-ring (bicyclic) bond motifs is 1. The zero-order chi connectivity index (χ0) is 14.7. The third kappa shape index (κ3) is 3.66. The van der Waals surface area contributed by atoms with Crippen LogP contribution < -0.4 is 5.73 Å². The maximum atomic E-state index is 12.3. The first-order valence-electron chi connectivity index (χ1n) is 5.96. The number of nitrogens with one attached hydrogen (secondary N) is 2. The number of ether oxygens (including phenoxy) is 1. The molecule has 4 N–H and O–H groups in total. The molecule has 2 aromatic rings. The molecule has 1 heterocycles. The molecule has 6 nitrogen and oxygen atoms in total. The van der Waals surface area contributed by atoms with Gasteiger partial charge in [-0.15, -0.1) is 12.4 Å². The number of carbonyl (C=O) groups excluding carboxylic acids is 1. The summed E-state index contributed by atoms with van der Waals surface area (Å²) in [6, 6.07) is 7.02. The van der Waals surface area contributed by atoms with Crippen molar-refractivity contribution in [1.29, 1.82) is 5.41 Å². The van der Waals surface area contributed by atoms with E-state index in [1.165, 1.54) is 7.11 Å². The van der Waals surface area contributed by atoms with Gasteiger partial charge in [0.25, 0.3) is 5.91 Å². The van der Waals surface area contributed by atoms with Gasteiger partial charge in [0.2, 0.25) is 0 Å². The molecule has 114 valence electrons. The highest BCUT2D eigenvalue weighted by molar-refractivity contribution is 6.35. The van der Waals surface area contributed by atoms with E-state index in [1.54, 1.807) is 18.2 Å². The lowest BCUT2D eigenvalue weighted by Gasteiger charge is -2.19. The Balaban J connectivity index is 0.00000220. The molecule has 0 radical (unpaired) electrons. The van der Waals surface area contributed by atoms with Crippen LogP contribution in [0.1, 0.15) is 10.5 Å². The average Bonchev–Trinajstić information content (AvgIpc) is 2.84. The molecule has 8 heteroatoms. The number of rotatable bonds is 4. The number of aromatic nitrogens is 1. The summed E-state index contributed by atoms with van der Waals surface area (Å²) in [6.07, 6.45) is 0. The van der Waals surface area contributed by atoms with Crippen molar-refractivity contribution in [3.63, 3.8) is 0 Å². The lowest BCUT2D eigenvalue weighted by molar-refractivity contribution is 0.0801. The quantitative estimate of drug-likeness (QED) is 0.592. The monoisotopic (exact) mass is 330 g/mol. The molecule has 0 aliphatic rings. The molecule has 1 aromatic heterocycles. The lowest BCUT2D eigenvalue weighted by Crippen LogP contribution is -2.43. The smallest absolute Gasteiger partial charge is 0.277 e. The maximum Gasteiger partial charge on any atom is 0.277 e. The van der Waals surface area contributed by atoms with E-state index >= 15 is 0 Å². The third-order valence-corrected chi connectivity index (χ3v) is 3.23. The van der Waals surface area contributed by atoms with Gasteiger partial charge in [0.1, 0.15) is 5.69 Å². The van der Waals surface area contributed by atoms with E-state index in [4.69, 9.17) is 27.5 Å². The van der Waals surface area contributed by atoms with Gasteiger partial charge in [-0.05, 0) is 18.2 Å². The summed E-state index contributed by atoms with van der Waals surface area (Å²) in [7, 11) is 1.52. The molecule has 0 saturated carbocycles. The summed E-state index contributed by atoms with van der Waals surface area (Å²) < 4.78 is 4.91. The molecule has 0 atom stereocenters. The fraction of sp³-hybridized carbons (Fsp3) is 0.231. The highest BCUT2D eigenvalue weighted by Gasteiger charge is 2.20. The topological polar surface area (TPSA) is 95.2 Å². The van der Waals surface area contributed by atoms with Crippen LogP contribution in [-0.4, -0.2) is 42.0 Å². The maximum absolute atomic E-state index is 12.3. The Morgan fingerprint density at radius 1 is 1.52 bits per heavy atom.